The van der Waals surface area contributed by atoms with Gasteiger partial charge in [-0.2, -0.15) is 0 Å². The number of hydrogen-bond acceptors (Lipinski definition) is 5. The molecule has 0 aliphatic carbocycles. The number of aliphatic carboxylic acids is 1. The lowest BCUT2D eigenvalue weighted by Crippen LogP contribution is -2.42. The number of nitrogens with zero attached hydrogens (tertiary/aromatic N) is 1. The summed E-state index contributed by atoms with van der Waals surface area (Å²) in [6.45, 7) is 0. The highest BCUT2D eigenvalue weighted by atomic mass is 35.5. The summed E-state index contributed by atoms with van der Waals surface area (Å²) in [5, 5.41) is 27.8. The third-order valence-electron chi connectivity index (χ3n) is 5.69. The number of nitrogens with one attached hydrogen (secondary N) is 3. The van der Waals surface area contributed by atoms with Crippen molar-refractivity contribution in [2.45, 2.75) is 12.5 Å². The number of anilines is 2. The minimum Gasteiger partial charge on any atom is -0.508 e. The standard InChI is InChI=1S/C28H22Cl2N4O5/c29-20-5-3-6-21(25(20)30)34-28(39)32-19-11-8-16(9-12-19)18-10-13-22(31-15-18)26(36)33-23(27(37)38)14-17-4-1-2-7-24(17)35/h1-13,15,23,35H,14H2,(H,33,36)(H,37,38)(H2,32,34,39). The van der Waals surface area contributed by atoms with Gasteiger partial charge in [0.05, 0.1) is 15.7 Å². The van der Waals surface area contributed by atoms with Crippen molar-refractivity contribution in [2.24, 2.45) is 0 Å². The van der Waals surface area contributed by atoms with Crippen LogP contribution in [0.15, 0.2) is 85.1 Å². The Balaban J connectivity index is 1.37. The van der Waals surface area contributed by atoms with Gasteiger partial charge in [0, 0.05) is 23.9 Å². The fourth-order valence-electron chi connectivity index (χ4n) is 3.67. The van der Waals surface area contributed by atoms with Crippen molar-refractivity contribution in [1.29, 1.82) is 0 Å². The summed E-state index contributed by atoms with van der Waals surface area (Å²) in [7, 11) is 0. The van der Waals surface area contributed by atoms with Crippen LogP contribution in [0.1, 0.15) is 16.1 Å². The monoisotopic (exact) mass is 564 g/mol. The van der Waals surface area contributed by atoms with Gasteiger partial charge in [-0.1, -0.05) is 65.7 Å². The Kier molecular flexibility index (Phi) is 8.65. The van der Waals surface area contributed by atoms with Crippen molar-refractivity contribution in [3.8, 4) is 16.9 Å². The summed E-state index contributed by atoms with van der Waals surface area (Å²) in [6, 6.07) is 19.6. The first kappa shape index (κ1) is 27.4. The van der Waals surface area contributed by atoms with Gasteiger partial charge in [-0.15, -0.1) is 0 Å². The fourth-order valence-corrected chi connectivity index (χ4v) is 4.01. The quantitative estimate of drug-likeness (QED) is 0.182. The summed E-state index contributed by atoms with van der Waals surface area (Å²) >= 11 is 12.1. The van der Waals surface area contributed by atoms with Crippen molar-refractivity contribution < 1.29 is 24.6 Å². The molecule has 1 heterocycles. The summed E-state index contributed by atoms with van der Waals surface area (Å²) in [4.78, 5) is 40.8. The van der Waals surface area contributed by atoms with Crippen LogP contribution in [0.5, 0.6) is 5.75 Å². The molecule has 9 nitrogen and oxygen atoms in total. The van der Waals surface area contributed by atoms with Gasteiger partial charge in [0.1, 0.15) is 17.5 Å². The molecule has 0 aliphatic rings. The average molecular weight is 565 g/mol. The molecule has 4 rings (SSSR count). The Hall–Kier alpha value is -4.60. The third-order valence-corrected chi connectivity index (χ3v) is 6.51. The molecule has 0 saturated carbocycles. The summed E-state index contributed by atoms with van der Waals surface area (Å²) in [6.07, 6.45) is 1.40. The zero-order chi connectivity index (χ0) is 27.9. The Morgan fingerprint density at radius 1 is 0.846 bits per heavy atom. The normalized spacial score (nSPS) is 11.3. The third kappa shape index (κ3) is 7.04. The molecule has 0 bridgehead atoms. The number of amides is 3. The van der Waals surface area contributed by atoms with Crippen LogP contribution in [0.2, 0.25) is 10.0 Å². The molecule has 11 heteroatoms. The number of rotatable bonds is 8. The summed E-state index contributed by atoms with van der Waals surface area (Å²) in [5.41, 5.74) is 2.83. The lowest BCUT2D eigenvalue weighted by atomic mass is 10.0. The van der Waals surface area contributed by atoms with Crippen LogP contribution in [0, 0.1) is 0 Å². The number of benzene rings is 3. The minimum atomic E-state index is -1.25. The summed E-state index contributed by atoms with van der Waals surface area (Å²) < 4.78 is 0. The van der Waals surface area contributed by atoms with Crippen LogP contribution in [-0.4, -0.2) is 39.1 Å². The predicted octanol–water partition coefficient (Wildman–Crippen LogP) is 5.83. The SMILES string of the molecule is O=C(Nc1ccc(-c2ccc(C(=O)NC(Cc3ccccc3O)C(=O)O)nc2)cc1)Nc1cccc(Cl)c1Cl. The van der Waals surface area contributed by atoms with E-state index in [-0.39, 0.29) is 22.9 Å². The van der Waals surface area contributed by atoms with Gasteiger partial charge in [-0.05, 0) is 47.5 Å². The van der Waals surface area contributed by atoms with Gasteiger partial charge in [0.2, 0.25) is 0 Å². The average Bonchev–Trinajstić information content (AvgIpc) is 2.92. The number of phenolic OH excluding ortho intramolecular Hbond substituents is 1. The number of pyridine rings is 1. The fraction of sp³-hybridized carbons (Fsp3) is 0.0714. The van der Waals surface area contributed by atoms with Crippen LogP contribution in [0.4, 0.5) is 16.2 Å². The molecule has 4 aromatic rings. The number of halogens is 2. The lowest BCUT2D eigenvalue weighted by Gasteiger charge is -2.15. The Labute approximate surface area is 233 Å². The first-order chi connectivity index (χ1) is 18.7. The number of carbonyl (C=O) groups excluding carboxylic acids is 2. The van der Waals surface area contributed by atoms with E-state index in [2.05, 4.69) is 20.9 Å². The molecule has 1 unspecified atom stereocenters. The van der Waals surface area contributed by atoms with Gasteiger partial charge in [-0.25, -0.2) is 9.59 Å². The molecule has 198 valence electrons. The number of phenols is 1. The largest absolute Gasteiger partial charge is 0.508 e. The number of para-hydroxylation sites is 1. The first-order valence-corrected chi connectivity index (χ1v) is 12.4. The van der Waals surface area contributed by atoms with E-state index in [1.54, 1.807) is 66.7 Å². The molecule has 0 saturated heterocycles. The topological polar surface area (TPSA) is 141 Å². The summed E-state index contributed by atoms with van der Waals surface area (Å²) in [5.74, 6) is -1.94. The number of aromatic hydroxyl groups is 1. The second kappa shape index (κ2) is 12.3. The van der Waals surface area contributed by atoms with E-state index in [4.69, 9.17) is 23.2 Å². The molecule has 1 aromatic heterocycles. The second-order valence-corrected chi connectivity index (χ2v) is 9.17. The number of urea groups is 1. The molecule has 3 amide bonds. The maximum atomic E-state index is 12.6. The van der Waals surface area contributed by atoms with E-state index in [9.17, 15) is 24.6 Å². The van der Waals surface area contributed by atoms with E-state index in [0.29, 0.717) is 27.5 Å². The van der Waals surface area contributed by atoms with E-state index in [1.807, 2.05) is 0 Å². The smallest absolute Gasteiger partial charge is 0.326 e. The van der Waals surface area contributed by atoms with Gasteiger partial charge in [0.25, 0.3) is 5.91 Å². The highest BCUT2D eigenvalue weighted by molar-refractivity contribution is 6.44. The molecule has 39 heavy (non-hydrogen) atoms. The van der Waals surface area contributed by atoms with Crippen LogP contribution < -0.4 is 16.0 Å². The zero-order valence-electron chi connectivity index (χ0n) is 20.2. The van der Waals surface area contributed by atoms with E-state index >= 15 is 0 Å². The Bertz CT molecular complexity index is 1510. The Morgan fingerprint density at radius 2 is 1.56 bits per heavy atom. The lowest BCUT2D eigenvalue weighted by molar-refractivity contribution is -0.139. The van der Waals surface area contributed by atoms with Crippen molar-refractivity contribution >= 4 is 52.5 Å². The highest BCUT2D eigenvalue weighted by Gasteiger charge is 2.23. The predicted molar refractivity (Wildman–Crippen MR) is 149 cm³/mol. The molecular formula is C28H22Cl2N4O5. The van der Waals surface area contributed by atoms with E-state index in [1.165, 1.54) is 18.3 Å². The Morgan fingerprint density at radius 3 is 2.23 bits per heavy atom. The van der Waals surface area contributed by atoms with Crippen molar-refractivity contribution in [3.63, 3.8) is 0 Å². The van der Waals surface area contributed by atoms with Crippen molar-refractivity contribution in [2.75, 3.05) is 10.6 Å². The number of carboxylic acids is 1. The molecule has 0 aliphatic heterocycles. The first-order valence-electron chi connectivity index (χ1n) is 11.6. The van der Waals surface area contributed by atoms with E-state index < -0.39 is 23.9 Å². The molecule has 1 atom stereocenters. The zero-order valence-corrected chi connectivity index (χ0v) is 21.7. The molecule has 5 N–H and O–H groups in total. The van der Waals surface area contributed by atoms with Crippen molar-refractivity contribution in [3.05, 3.63) is 106 Å². The van der Waals surface area contributed by atoms with E-state index in [0.717, 1.165) is 5.56 Å². The molecule has 3 aromatic carbocycles. The number of aromatic nitrogens is 1. The minimum absolute atomic E-state index is 0.0388. The molecular weight excluding hydrogens is 543 g/mol. The van der Waals surface area contributed by atoms with Gasteiger partial charge in [-0.3, -0.25) is 9.78 Å². The van der Waals surface area contributed by atoms with Gasteiger partial charge in [0.15, 0.2) is 0 Å². The van der Waals surface area contributed by atoms with Crippen molar-refractivity contribution in [1.82, 2.24) is 10.3 Å². The van der Waals surface area contributed by atoms with Gasteiger partial charge < -0.3 is 26.2 Å². The van der Waals surface area contributed by atoms with Gasteiger partial charge >= 0.3 is 12.0 Å². The highest BCUT2D eigenvalue weighted by Crippen LogP contribution is 2.29. The van der Waals surface area contributed by atoms with Crippen LogP contribution in [0.25, 0.3) is 11.1 Å². The van der Waals surface area contributed by atoms with Crippen LogP contribution in [-0.2, 0) is 11.2 Å². The molecule has 0 fully saturated rings. The second-order valence-electron chi connectivity index (χ2n) is 8.39. The number of carboxylic acid groups (broad SMARTS) is 1. The van der Waals surface area contributed by atoms with Crippen LogP contribution >= 0.6 is 23.2 Å². The number of carbonyl (C=O) groups is 3. The maximum absolute atomic E-state index is 12.6. The molecule has 0 radical (unpaired) electrons. The number of hydrogen-bond donors (Lipinski definition) is 5. The molecule has 0 spiro atoms. The van der Waals surface area contributed by atoms with Crippen LogP contribution in [0.3, 0.4) is 0 Å². The maximum Gasteiger partial charge on any atom is 0.326 e.